The highest BCUT2D eigenvalue weighted by atomic mass is 16.3. The van der Waals surface area contributed by atoms with Crippen molar-refractivity contribution in [3.05, 3.63) is 89.6 Å². The van der Waals surface area contributed by atoms with Gasteiger partial charge in [0.05, 0.1) is 11.1 Å². The Labute approximate surface area is 175 Å². The van der Waals surface area contributed by atoms with E-state index >= 15 is 0 Å². The van der Waals surface area contributed by atoms with Crippen LogP contribution in [-0.2, 0) is 7.05 Å². The molecule has 0 atom stereocenters. The van der Waals surface area contributed by atoms with Crippen molar-refractivity contribution >= 4 is 21.9 Å². The van der Waals surface area contributed by atoms with Crippen molar-refractivity contribution in [3.8, 4) is 28.5 Å². The normalized spacial score (nSPS) is 11.1. The molecule has 0 unspecified atom stereocenters. The predicted molar refractivity (Wildman–Crippen MR) is 120 cm³/mol. The molecular formula is C27H21N2O+. The van der Waals surface area contributed by atoms with Crippen LogP contribution in [0.15, 0.2) is 77.3 Å². The van der Waals surface area contributed by atoms with Crippen LogP contribution < -0.4 is 4.57 Å². The average molecular weight is 389 g/mol. The fourth-order valence-corrected chi connectivity index (χ4v) is 4.32. The standard InChI is InChI=1S/C27H21N2O/c1-17-12-13-20-22-15-21(19-9-5-4-6-10-19)23(16-28)18(2)26(22)30-27(20)25(17)24-11-7-8-14-29(24)3/h4-15H,1-3H3/q+1. The maximum atomic E-state index is 9.91. The lowest BCUT2D eigenvalue weighted by Crippen LogP contribution is -2.30. The molecule has 5 aromatic rings. The molecule has 0 aliphatic rings. The molecule has 0 saturated heterocycles. The molecule has 5 rings (SSSR count). The van der Waals surface area contributed by atoms with Crippen molar-refractivity contribution in [1.29, 1.82) is 5.26 Å². The zero-order chi connectivity index (χ0) is 20.8. The second-order valence-corrected chi connectivity index (χ2v) is 7.71. The summed E-state index contributed by atoms with van der Waals surface area (Å²) in [6.07, 6.45) is 2.04. The number of fused-ring (bicyclic) bond motifs is 3. The van der Waals surface area contributed by atoms with Gasteiger partial charge in [0.25, 0.3) is 0 Å². The van der Waals surface area contributed by atoms with Crippen molar-refractivity contribution in [3.63, 3.8) is 0 Å². The molecule has 0 aliphatic heterocycles. The fraction of sp³-hybridized carbons (Fsp3) is 0.111. The summed E-state index contributed by atoms with van der Waals surface area (Å²) in [5.74, 6) is 0. The molecule has 3 nitrogen and oxygen atoms in total. The first-order valence-corrected chi connectivity index (χ1v) is 10.00. The number of nitrogens with zero attached hydrogens (tertiary/aromatic N) is 2. The van der Waals surface area contributed by atoms with Crippen molar-refractivity contribution in [2.45, 2.75) is 13.8 Å². The lowest BCUT2D eigenvalue weighted by Gasteiger charge is -2.08. The van der Waals surface area contributed by atoms with Crippen LogP contribution in [0.5, 0.6) is 0 Å². The topological polar surface area (TPSA) is 40.8 Å². The second kappa shape index (κ2) is 6.86. The SMILES string of the molecule is Cc1ccc2c(oc3c(C)c(C#N)c(-c4ccccc4)cc32)c1-c1cccc[n+]1C. The highest BCUT2D eigenvalue weighted by Gasteiger charge is 2.22. The van der Waals surface area contributed by atoms with Gasteiger partial charge in [-0.05, 0) is 37.1 Å². The molecule has 144 valence electrons. The number of nitriles is 1. The van der Waals surface area contributed by atoms with Gasteiger partial charge in [-0.25, -0.2) is 4.57 Å². The van der Waals surface area contributed by atoms with E-state index in [1.54, 1.807) is 0 Å². The van der Waals surface area contributed by atoms with Crippen molar-refractivity contribution < 1.29 is 8.98 Å². The van der Waals surface area contributed by atoms with E-state index in [9.17, 15) is 5.26 Å². The quantitative estimate of drug-likeness (QED) is 0.336. The Bertz CT molecular complexity index is 1470. The summed E-state index contributed by atoms with van der Waals surface area (Å²) >= 11 is 0. The molecule has 30 heavy (non-hydrogen) atoms. The molecule has 0 aliphatic carbocycles. The first-order chi connectivity index (χ1) is 14.6. The lowest BCUT2D eigenvalue weighted by atomic mass is 9.93. The summed E-state index contributed by atoms with van der Waals surface area (Å²) in [5.41, 5.74) is 8.52. The van der Waals surface area contributed by atoms with E-state index in [4.69, 9.17) is 4.42 Å². The monoisotopic (exact) mass is 389 g/mol. The maximum absolute atomic E-state index is 9.91. The minimum absolute atomic E-state index is 0.663. The summed E-state index contributed by atoms with van der Waals surface area (Å²) in [6.45, 7) is 4.09. The molecule has 0 N–H and O–H groups in total. The maximum Gasteiger partial charge on any atom is 0.216 e. The van der Waals surface area contributed by atoms with Crippen LogP contribution in [-0.4, -0.2) is 0 Å². The smallest absolute Gasteiger partial charge is 0.216 e. The number of aromatic nitrogens is 1. The van der Waals surface area contributed by atoms with E-state index in [0.717, 1.165) is 55.4 Å². The number of hydrogen-bond donors (Lipinski definition) is 0. The molecule has 0 saturated carbocycles. The van der Waals surface area contributed by atoms with Crippen LogP contribution in [0.25, 0.3) is 44.3 Å². The third-order valence-electron chi connectivity index (χ3n) is 5.89. The van der Waals surface area contributed by atoms with Crippen LogP contribution in [0.4, 0.5) is 0 Å². The van der Waals surface area contributed by atoms with Crippen molar-refractivity contribution in [2.75, 3.05) is 0 Å². The second-order valence-electron chi connectivity index (χ2n) is 7.71. The van der Waals surface area contributed by atoms with Gasteiger partial charge in [0.2, 0.25) is 5.69 Å². The molecular weight excluding hydrogens is 368 g/mol. The van der Waals surface area contributed by atoms with E-state index in [-0.39, 0.29) is 0 Å². The Morgan fingerprint density at radius 1 is 0.867 bits per heavy atom. The Morgan fingerprint density at radius 3 is 2.37 bits per heavy atom. The van der Waals surface area contributed by atoms with Crippen LogP contribution in [0.3, 0.4) is 0 Å². The van der Waals surface area contributed by atoms with Gasteiger partial charge >= 0.3 is 0 Å². The summed E-state index contributed by atoms with van der Waals surface area (Å²) in [5, 5.41) is 12.0. The lowest BCUT2D eigenvalue weighted by molar-refractivity contribution is -0.660. The molecule has 0 radical (unpaired) electrons. The van der Waals surface area contributed by atoms with E-state index in [2.05, 4.69) is 41.8 Å². The summed E-state index contributed by atoms with van der Waals surface area (Å²) < 4.78 is 8.58. The molecule has 0 fully saturated rings. The fourth-order valence-electron chi connectivity index (χ4n) is 4.32. The molecule has 0 amide bonds. The summed E-state index contributed by atoms with van der Waals surface area (Å²) in [6, 6.07) is 25.0. The zero-order valence-electron chi connectivity index (χ0n) is 17.2. The van der Waals surface area contributed by atoms with Gasteiger partial charge in [-0.3, -0.25) is 0 Å². The van der Waals surface area contributed by atoms with Crippen LogP contribution in [0.1, 0.15) is 16.7 Å². The first-order valence-electron chi connectivity index (χ1n) is 10.00. The minimum atomic E-state index is 0.663. The van der Waals surface area contributed by atoms with Gasteiger partial charge in [0.1, 0.15) is 24.3 Å². The van der Waals surface area contributed by atoms with E-state index in [1.165, 1.54) is 0 Å². The third-order valence-corrected chi connectivity index (χ3v) is 5.89. The zero-order valence-corrected chi connectivity index (χ0v) is 17.2. The Hall–Kier alpha value is -3.90. The van der Waals surface area contributed by atoms with Gasteiger partial charge < -0.3 is 4.42 Å². The number of furan rings is 1. The van der Waals surface area contributed by atoms with Crippen LogP contribution in [0.2, 0.25) is 0 Å². The van der Waals surface area contributed by atoms with E-state index in [0.29, 0.717) is 5.56 Å². The molecule has 2 aromatic heterocycles. The Kier molecular flexibility index (Phi) is 4.15. The van der Waals surface area contributed by atoms with Crippen molar-refractivity contribution in [2.24, 2.45) is 7.05 Å². The van der Waals surface area contributed by atoms with Gasteiger partial charge in [0, 0.05) is 34.0 Å². The average Bonchev–Trinajstić information content (AvgIpc) is 3.14. The Morgan fingerprint density at radius 2 is 1.63 bits per heavy atom. The van der Waals surface area contributed by atoms with Gasteiger partial charge in [0.15, 0.2) is 6.20 Å². The molecule has 3 heteroatoms. The molecule has 2 heterocycles. The predicted octanol–water partition coefficient (Wildman–Crippen LogP) is 6.23. The summed E-state index contributed by atoms with van der Waals surface area (Å²) in [4.78, 5) is 0. The minimum Gasteiger partial charge on any atom is -0.455 e. The van der Waals surface area contributed by atoms with Gasteiger partial charge in [-0.2, -0.15) is 5.26 Å². The Balaban J connectivity index is 1.92. The number of rotatable bonds is 2. The first kappa shape index (κ1) is 18.1. The van der Waals surface area contributed by atoms with E-state index < -0.39 is 0 Å². The highest BCUT2D eigenvalue weighted by Crippen LogP contribution is 2.41. The van der Waals surface area contributed by atoms with Crippen molar-refractivity contribution in [1.82, 2.24) is 0 Å². The largest absolute Gasteiger partial charge is 0.455 e. The van der Waals surface area contributed by atoms with E-state index in [1.807, 2.05) is 62.6 Å². The van der Waals surface area contributed by atoms with Crippen LogP contribution in [0, 0.1) is 25.2 Å². The van der Waals surface area contributed by atoms with Gasteiger partial charge in [-0.1, -0.05) is 42.5 Å². The highest BCUT2D eigenvalue weighted by molar-refractivity contribution is 6.12. The molecule has 0 spiro atoms. The third kappa shape index (κ3) is 2.62. The number of aryl methyl sites for hydroxylation is 3. The number of hydrogen-bond acceptors (Lipinski definition) is 2. The molecule has 3 aromatic carbocycles. The number of benzene rings is 3. The summed E-state index contributed by atoms with van der Waals surface area (Å²) in [7, 11) is 2.04. The van der Waals surface area contributed by atoms with Crippen LogP contribution >= 0.6 is 0 Å². The molecule has 0 bridgehead atoms. The number of pyridine rings is 1. The van der Waals surface area contributed by atoms with Gasteiger partial charge in [-0.15, -0.1) is 0 Å².